The van der Waals surface area contributed by atoms with E-state index in [1.54, 1.807) is 6.20 Å². The first-order valence-corrected chi connectivity index (χ1v) is 8.08. The molecule has 3 aromatic rings. The summed E-state index contributed by atoms with van der Waals surface area (Å²) in [6.45, 7) is 0.692. The predicted octanol–water partition coefficient (Wildman–Crippen LogP) is 3.83. The van der Waals surface area contributed by atoms with Crippen LogP contribution >= 0.6 is 11.3 Å². The molecule has 0 amide bonds. The molecular weight excluding hydrogens is 302 g/mol. The van der Waals surface area contributed by atoms with Gasteiger partial charge in [0.15, 0.2) is 11.4 Å². The summed E-state index contributed by atoms with van der Waals surface area (Å²) in [5, 5.41) is 10.5. The molecule has 0 fully saturated rings. The first kappa shape index (κ1) is 13.4. The number of thiazole rings is 1. The van der Waals surface area contributed by atoms with Gasteiger partial charge in [-0.1, -0.05) is 16.5 Å². The molecule has 0 saturated carbocycles. The van der Waals surface area contributed by atoms with Gasteiger partial charge in [-0.3, -0.25) is 0 Å². The molecule has 7 heteroatoms. The van der Waals surface area contributed by atoms with E-state index in [1.165, 1.54) is 11.3 Å². The van der Waals surface area contributed by atoms with E-state index in [-0.39, 0.29) is 0 Å². The zero-order valence-corrected chi connectivity index (χ0v) is 12.9. The maximum absolute atomic E-state index is 5.99. The number of anilines is 1. The number of ether oxygens (including phenoxy) is 2. The topological polar surface area (TPSA) is 69.4 Å². The first-order valence-electron chi connectivity index (χ1n) is 7.20. The van der Waals surface area contributed by atoms with Crippen LogP contribution in [0, 0.1) is 0 Å². The smallest absolute Gasteiger partial charge is 0.278 e. The number of fused-ring (bicyclic) bond motifs is 3. The third kappa shape index (κ3) is 2.18. The van der Waals surface area contributed by atoms with E-state index < -0.39 is 0 Å². The van der Waals surface area contributed by atoms with Crippen LogP contribution in [0.15, 0.2) is 22.2 Å². The lowest BCUT2D eigenvalue weighted by Gasteiger charge is -2.13. The molecule has 22 heavy (non-hydrogen) atoms. The fraction of sp³-hybridized carbons (Fsp3) is 0.333. The Kier molecular flexibility index (Phi) is 3.34. The van der Waals surface area contributed by atoms with Crippen molar-refractivity contribution in [2.75, 3.05) is 19.0 Å². The van der Waals surface area contributed by atoms with E-state index in [4.69, 9.17) is 14.0 Å². The Labute approximate surface area is 131 Å². The predicted molar refractivity (Wildman–Crippen MR) is 84.2 cm³/mol. The molecule has 2 aromatic heterocycles. The molecule has 0 bridgehead atoms. The zero-order valence-electron chi connectivity index (χ0n) is 12.1. The minimum atomic E-state index is 0.610. The number of nitrogens with one attached hydrogen (secondary N) is 1. The van der Waals surface area contributed by atoms with Gasteiger partial charge in [-0.25, -0.2) is 4.98 Å². The van der Waals surface area contributed by atoms with Crippen molar-refractivity contribution in [3.63, 3.8) is 0 Å². The van der Waals surface area contributed by atoms with Crippen LogP contribution in [0.3, 0.4) is 0 Å². The minimum Gasteiger partial charge on any atom is -0.492 e. The molecule has 0 unspecified atom stereocenters. The van der Waals surface area contributed by atoms with E-state index in [2.05, 4.69) is 15.5 Å². The Morgan fingerprint density at radius 2 is 2.32 bits per heavy atom. The summed E-state index contributed by atoms with van der Waals surface area (Å²) in [4.78, 5) is 4.18. The number of nitrogens with zero attached hydrogens (tertiary/aromatic N) is 2. The number of hydrogen-bond donors (Lipinski definition) is 1. The SMILES string of the molecule is CNc1noc2cc(Oc3nccs3)c3c(c12)OCCCC3. The number of hydrogen-bond acceptors (Lipinski definition) is 7. The second kappa shape index (κ2) is 5.49. The van der Waals surface area contributed by atoms with Gasteiger partial charge in [0.1, 0.15) is 16.9 Å². The summed E-state index contributed by atoms with van der Waals surface area (Å²) >= 11 is 1.46. The summed E-state index contributed by atoms with van der Waals surface area (Å²) in [6, 6.07) is 1.87. The van der Waals surface area contributed by atoms with Crippen LogP contribution in [0.1, 0.15) is 18.4 Å². The number of aromatic nitrogens is 2. The Morgan fingerprint density at radius 3 is 3.14 bits per heavy atom. The Balaban J connectivity index is 1.91. The van der Waals surface area contributed by atoms with Crippen molar-refractivity contribution < 1.29 is 14.0 Å². The van der Waals surface area contributed by atoms with E-state index in [1.807, 2.05) is 18.5 Å². The van der Waals surface area contributed by atoms with Crippen LogP contribution in [0.2, 0.25) is 0 Å². The second-order valence-electron chi connectivity index (χ2n) is 5.04. The monoisotopic (exact) mass is 317 g/mol. The van der Waals surface area contributed by atoms with Gasteiger partial charge in [-0.15, -0.1) is 0 Å². The zero-order chi connectivity index (χ0) is 14.9. The molecule has 0 atom stereocenters. The Hall–Kier alpha value is -2.28. The quantitative estimate of drug-likeness (QED) is 0.791. The summed E-state index contributed by atoms with van der Waals surface area (Å²) in [7, 11) is 1.82. The number of benzene rings is 1. The summed E-state index contributed by atoms with van der Waals surface area (Å²) < 4.78 is 17.3. The van der Waals surface area contributed by atoms with Crippen molar-refractivity contribution >= 4 is 28.1 Å². The van der Waals surface area contributed by atoms with Gasteiger partial charge >= 0.3 is 0 Å². The van der Waals surface area contributed by atoms with Crippen LogP contribution in [-0.2, 0) is 6.42 Å². The van der Waals surface area contributed by atoms with E-state index >= 15 is 0 Å². The van der Waals surface area contributed by atoms with Gasteiger partial charge in [-0.2, -0.15) is 0 Å². The van der Waals surface area contributed by atoms with E-state index in [9.17, 15) is 0 Å². The van der Waals surface area contributed by atoms with Gasteiger partial charge in [0, 0.05) is 30.3 Å². The van der Waals surface area contributed by atoms with Gasteiger partial charge in [0.25, 0.3) is 5.19 Å². The fourth-order valence-electron chi connectivity index (χ4n) is 2.68. The largest absolute Gasteiger partial charge is 0.492 e. The molecular formula is C15H15N3O3S. The standard InChI is InChI=1S/C15H15N3O3S/c1-16-14-12-11(21-18-14)8-10(20-15-17-5-7-22-15)9-4-2-3-6-19-13(9)12/h5,7-8H,2-4,6H2,1H3,(H,16,18). The Morgan fingerprint density at radius 1 is 1.36 bits per heavy atom. The highest BCUT2D eigenvalue weighted by molar-refractivity contribution is 7.11. The van der Waals surface area contributed by atoms with Gasteiger partial charge in [-0.05, 0) is 19.3 Å². The van der Waals surface area contributed by atoms with Crippen LogP contribution in [-0.4, -0.2) is 23.8 Å². The molecule has 1 N–H and O–H groups in total. The summed E-state index contributed by atoms with van der Waals surface area (Å²) in [5.74, 6) is 2.24. The molecule has 6 nitrogen and oxygen atoms in total. The van der Waals surface area contributed by atoms with Crippen LogP contribution in [0.25, 0.3) is 11.0 Å². The van der Waals surface area contributed by atoms with Crippen molar-refractivity contribution in [1.29, 1.82) is 0 Å². The average Bonchev–Trinajstić information content (AvgIpc) is 3.11. The van der Waals surface area contributed by atoms with Crippen LogP contribution in [0.4, 0.5) is 5.82 Å². The number of rotatable bonds is 3. The van der Waals surface area contributed by atoms with Crippen molar-refractivity contribution in [2.24, 2.45) is 0 Å². The minimum absolute atomic E-state index is 0.610. The lowest BCUT2D eigenvalue weighted by molar-refractivity contribution is 0.319. The average molecular weight is 317 g/mol. The third-order valence-corrected chi connectivity index (χ3v) is 4.34. The lowest BCUT2D eigenvalue weighted by Crippen LogP contribution is -1.99. The molecule has 1 aliphatic heterocycles. The molecule has 0 radical (unpaired) electrons. The molecule has 1 aliphatic rings. The molecule has 0 aliphatic carbocycles. The van der Waals surface area contributed by atoms with Crippen molar-refractivity contribution in [2.45, 2.75) is 19.3 Å². The van der Waals surface area contributed by atoms with E-state index in [0.29, 0.717) is 23.2 Å². The highest BCUT2D eigenvalue weighted by atomic mass is 32.1. The lowest BCUT2D eigenvalue weighted by atomic mass is 10.0. The van der Waals surface area contributed by atoms with Crippen LogP contribution in [0.5, 0.6) is 16.7 Å². The first-order chi connectivity index (χ1) is 10.9. The molecule has 114 valence electrons. The second-order valence-corrected chi connectivity index (χ2v) is 5.90. The highest BCUT2D eigenvalue weighted by Crippen LogP contribution is 2.44. The highest BCUT2D eigenvalue weighted by Gasteiger charge is 2.24. The van der Waals surface area contributed by atoms with Crippen LogP contribution < -0.4 is 14.8 Å². The Bertz CT molecular complexity index is 798. The summed E-state index contributed by atoms with van der Waals surface area (Å²) in [6.07, 6.45) is 4.71. The maximum Gasteiger partial charge on any atom is 0.278 e. The summed E-state index contributed by atoms with van der Waals surface area (Å²) in [5.41, 5.74) is 1.71. The van der Waals surface area contributed by atoms with Crippen molar-refractivity contribution in [1.82, 2.24) is 10.1 Å². The third-order valence-electron chi connectivity index (χ3n) is 3.69. The van der Waals surface area contributed by atoms with Crippen molar-refractivity contribution in [3.8, 4) is 16.7 Å². The molecule has 4 rings (SSSR count). The normalized spacial score (nSPS) is 14.2. The molecule has 3 heterocycles. The van der Waals surface area contributed by atoms with Gasteiger partial charge in [0.2, 0.25) is 0 Å². The van der Waals surface area contributed by atoms with Crippen molar-refractivity contribution in [3.05, 3.63) is 23.2 Å². The maximum atomic E-state index is 5.99. The fourth-order valence-corrected chi connectivity index (χ4v) is 3.18. The molecule has 1 aromatic carbocycles. The molecule has 0 spiro atoms. The molecule has 0 saturated heterocycles. The van der Waals surface area contributed by atoms with E-state index in [0.717, 1.165) is 41.7 Å². The van der Waals surface area contributed by atoms with Gasteiger partial charge in [0.05, 0.1) is 6.61 Å². The van der Waals surface area contributed by atoms with Gasteiger partial charge < -0.3 is 19.3 Å².